The molecule has 3 rings (SSSR count). The van der Waals surface area contributed by atoms with Crippen LogP contribution < -0.4 is 5.48 Å². The van der Waals surface area contributed by atoms with Gasteiger partial charge in [-0.1, -0.05) is 5.16 Å². The zero-order chi connectivity index (χ0) is 18.0. The van der Waals surface area contributed by atoms with Crippen molar-refractivity contribution in [2.75, 3.05) is 7.11 Å². The van der Waals surface area contributed by atoms with Gasteiger partial charge in [-0.3, -0.25) is 9.63 Å². The molecule has 3 heterocycles. The molecule has 132 valence electrons. The molecular weight excluding hydrogens is 365 g/mol. The van der Waals surface area contributed by atoms with Crippen LogP contribution in [0.15, 0.2) is 23.0 Å². The zero-order valence-corrected chi connectivity index (χ0v) is 13.3. The van der Waals surface area contributed by atoms with Crippen LogP contribution in [0.25, 0.3) is 10.7 Å². The maximum atomic E-state index is 12.5. The van der Waals surface area contributed by atoms with Crippen molar-refractivity contribution in [3.05, 3.63) is 35.1 Å². The summed E-state index contributed by atoms with van der Waals surface area (Å²) in [4.78, 5) is 24.5. The van der Waals surface area contributed by atoms with Crippen molar-refractivity contribution in [2.45, 2.75) is 12.7 Å². The van der Waals surface area contributed by atoms with E-state index in [1.165, 1.54) is 18.1 Å². The molecule has 25 heavy (non-hydrogen) atoms. The van der Waals surface area contributed by atoms with E-state index in [0.717, 1.165) is 11.3 Å². The number of aromatic nitrogens is 5. The Balaban J connectivity index is 1.78. The van der Waals surface area contributed by atoms with Crippen LogP contribution in [0.5, 0.6) is 0 Å². The monoisotopic (exact) mass is 374 g/mol. The summed E-state index contributed by atoms with van der Waals surface area (Å²) in [5.41, 5.74) is 2.12. The van der Waals surface area contributed by atoms with E-state index in [2.05, 4.69) is 35.1 Å². The van der Waals surface area contributed by atoms with Crippen molar-refractivity contribution < 1.29 is 27.3 Å². The van der Waals surface area contributed by atoms with Crippen LogP contribution in [0.4, 0.5) is 13.2 Å². The lowest BCUT2D eigenvalue weighted by molar-refractivity contribution is -0.159. The molecule has 1 N–H and O–H groups in total. The van der Waals surface area contributed by atoms with Crippen LogP contribution in [-0.2, 0) is 17.6 Å². The fourth-order valence-corrected chi connectivity index (χ4v) is 2.78. The third-order valence-electron chi connectivity index (χ3n) is 2.87. The zero-order valence-electron chi connectivity index (χ0n) is 12.4. The van der Waals surface area contributed by atoms with Gasteiger partial charge in [-0.25, -0.2) is 15.1 Å². The number of carbonyl (C=O) groups is 1. The van der Waals surface area contributed by atoms with Crippen LogP contribution in [0, 0.1) is 0 Å². The normalized spacial score (nSPS) is 11.7. The van der Waals surface area contributed by atoms with Crippen LogP contribution in [0.1, 0.15) is 21.4 Å². The predicted octanol–water partition coefficient (Wildman–Crippen LogP) is 1.75. The average Bonchev–Trinajstić information content (AvgIpc) is 3.27. The number of rotatable bonds is 5. The van der Waals surface area contributed by atoms with E-state index in [4.69, 9.17) is 0 Å². The molecule has 0 fully saturated rings. The summed E-state index contributed by atoms with van der Waals surface area (Å²) in [6.07, 6.45) is -3.50. The second-order valence-electron chi connectivity index (χ2n) is 4.56. The van der Waals surface area contributed by atoms with E-state index in [1.807, 2.05) is 0 Å². The summed E-state index contributed by atoms with van der Waals surface area (Å²) in [7, 11) is 1.28. The number of hydrogen-bond acceptors (Lipinski definition) is 8. The molecule has 0 saturated carbocycles. The Hall–Kier alpha value is -2.80. The molecule has 0 aliphatic heterocycles. The SMILES string of the molecule is CONC(=O)c1ncnn1Cc1ccc(-c2noc(C(F)(F)F)n2)s1. The lowest BCUT2D eigenvalue weighted by Crippen LogP contribution is -2.26. The fraction of sp³-hybridized carbons (Fsp3) is 0.250. The molecule has 9 nitrogen and oxygen atoms in total. The van der Waals surface area contributed by atoms with Crippen molar-refractivity contribution in [2.24, 2.45) is 0 Å². The first-order valence-corrected chi connectivity index (χ1v) is 7.41. The summed E-state index contributed by atoms with van der Waals surface area (Å²) in [6.45, 7) is 0.182. The molecular formula is C12H9F3N6O3S. The molecule has 0 aromatic carbocycles. The van der Waals surface area contributed by atoms with Crippen molar-refractivity contribution in [3.8, 4) is 10.7 Å². The van der Waals surface area contributed by atoms with Gasteiger partial charge in [0.05, 0.1) is 18.5 Å². The molecule has 0 aliphatic carbocycles. The van der Waals surface area contributed by atoms with Gasteiger partial charge in [0.15, 0.2) is 0 Å². The minimum absolute atomic E-state index is 0.0238. The maximum absolute atomic E-state index is 12.5. The Morgan fingerprint density at radius 3 is 2.92 bits per heavy atom. The molecule has 0 radical (unpaired) electrons. The molecule has 13 heteroatoms. The average molecular weight is 374 g/mol. The van der Waals surface area contributed by atoms with Crippen molar-refractivity contribution in [1.82, 2.24) is 30.4 Å². The Bertz CT molecular complexity index is 887. The molecule has 0 aliphatic rings. The molecule has 0 unspecified atom stereocenters. The third-order valence-corrected chi connectivity index (χ3v) is 3.94. The van der Waals surface area contributed by atoms with E-state index in [1.54, 1.807) is 12.1 Å². The van der Waals surface area contributed by atoms with E-state index >= 15 is 0 Å². The molecule has 1 amide bonds. The predicted molar refractivity (Wildman–Crippen MR) is 76.2 cm³/mol. The van der Waals surface area contributed by atoms with Gasteiger partial charge in [0.25, 0.3) is 0 Å². The Labute approximate surface area is 141 Å². The number of nitrogens with one attached hydrogen (secondary N) is 1. The van der Waals surface area contributed by atoms with Crippen molar-refractivity contribution in [1.29, 1.82) is 0 Å². The van der Waals surface area contributed by atoms with Gasteiger partial charge in [-0.15, -0.1) is 11.3 Å². The summed E-state index contributed by atoms with van der Waals surface area (Å²) in [6, 6.07) is 3.21. The van der Waals surface area contributed by atoms with E-state index in [9.17, 15) is 18.0 Å². The van der Waals surface area contributed by atoms with Gasteiger partial charge in [0, 0.05) is 4.88 Å². The lowest BCUT2D eigenvalue weighted by atomic mass is 10.4. The lowest BCUT2D eigenvalue weighted by Gasteiger charge is -2.03. The Morgan fingerprint density at radius 2 is 2.24 bits per heavy atom. The van der Waals surface area contributed by atoms with Gasteiger partial charge in [-0.2, -0.15) is 23.3 Å². The number of carbonyl (C=O) groups excluding carboxylic acids is 1. The molecule has 0 bridgehead atoms. The largest absolute Gasteiger partial charge is 0.471 e. The first kappa shape index (κ1) is 17.0. The van der Waals surface area contributed by atoms with Crippen LogP contribution in [-0.4, -0.2) is 37.9 Å². The van der Waals surface area contributed by atoms with E-state index in [0.29, 0.717) is 9.75 Å². The van der Waals surface area contributed by atoms with Crippen molar-refractivity contribution in [3.63, 3.8) is 0 Å². The summed E-state index contributed by atoms with van der Waals surface area (Å²) >= 11 is 1.14. The maximum Gasteiger partial charge on any atom is 0.471 e. The fourth-order valence-electron chi connectivity index (χ4n) is 1.86. The van der Waals surface area contributed by atoms with E-state index in [-0.39, 0.29) is 18.2 Å². The summed E-state index contributed by atoms with van der Waals surface area (Å²) < 4.78 is 43.0. The topological polar surface area (TPSA) is 108 Å². The standard InChI is InChI=1S/C12H9F3N6O3S/c1-23-20-10(22)9-16-5-17-21(9)4-6-2-3-7(25-6)8-18-11(24-19-8)12(13,14)15/h2-3,5H,4H2,1H3,(H,20,22). The summed E-state index contributed by atoms with van der Waals surface area (Å²) in [5.74, 6) is -2.13. The van der Waals surface area contributed by atoms with Crippen LogP contribution in [0.3, 0.4) is 0 Å². The second-order valence-corrected chi connectivity index (χ2v) is 5.73. The highest BCUT2D eigenvalue weighted by molar-refractivity contribution is 7.15. The first-order chi connectivity index (χ1) is 11.9. The Kier molecular flexibility index (Phi) is 4.50. The second kappa shape index (κ2) is 6.60. The van der Waals surface area contributed by atoms with Gasteiger partial charge in [-0.05, 0) is 12.1 Å². The smallest absolute Gasteiger partial charge is 0.329 e. The molecule has 0 atom stereocenters. The molecule has 3 aromatic rings. The number of nitrogens with zero attached hydrogens (tertiary/aromatic N) is 5. The first-order valence-electron chi connectivity index (χ1n) is 6.59. The number of alkyl halides is 3. The van der Waals surface area contributed by atoms with Gasteiger partial charge in [0.1, 0.15) is 6.33 Å². The van der Waals surface area contributed by atoms with Crippen molar-refractivity contribution >= 4 is 17.2 Å². The van der Waals surface area contributed by atoms with Gasteiger partial charge < -0.3 is 4.52 Å². The third kappa shape index (κ3) is 3.66. The highest BCUT2D eigenvalue weighted by atomic mass is 32.1. The minimum atomic E-state index is -4.70. The van der Waals surface area contributed by atoms with Gasteiger partial charge in [0.2, 0.25) is 11.6 Å². The number of amides is 1. The van der Waals surface area contributed by atoms with E-state index < -0.39 is 18.0 Å². The number of halogens is 3. The van der Waals surface area contributed by atoms with Crippen LogP contribution in [0.2, 0.25) is 0 Å². The molecule has 0 saturated heterocycles. The highest BCUT2D eigenvalue weighted by Gasteiger charge is 2.38. The highest BCUT2D eigenvalue weighted by Crippen LogP contribution is 2.31. The minimum Gasteiger partial charge on any atom is -0.329 e. The Morgan fingerprint density at radius 1 is 1.44 bits per heavy atom. The number of thiophene rings is 1. The quantitative estimate of drug-likeness (QED) is 0.678. The molecule has 0 spiro atoms. The molecule has 3 aromatic heterocycles. The number of hydrogen-bond donors (Lipinski definition) is 1. The number of hydroxylamine groups is 1. The van der Waals surface area contributed by atoms with Gasteiger partial charge >= 0.3 is 18.0 Å². The van der Waals surface area contributed by atoms with Crippen LogP contribution >= 0.6 is 11.3 Å². The summed E-state index contributed by atoms with van der Waals surface area (Å²) in [5, 5.41) is 7.25.